The molecule has 2 amide bonds. The van der Waals surface area contributed by atoms with Gasteiger partial charge in [0, 0.05) is 36.7 Å². The van der Waals surface area contributed by atoms with E-state index in [1.807, 2.05) is 0 Å². The van der Waals surface area contributed by atoms with Crippen LogP contribution in [0.25, 0.3) is 0 Å². The van der Waals surface area contributed by atoms with Crippen LogP contribution in [0.1, 0.15) is 38.5 Å². The van der Waals surface area contributed by atoms with Crippen molar-refractivity contribution < 1.29 is 36.6 Å². The molecule has 0 spiro atoms. The van der Waals surface area contributed by atoms with Gasteiger partial charge in [0.05, 0.1) is 22.3 Å². The second kappa shape index (κ2) is 9.77. The number of anilines is 1. The molecule has 0 aromatic heterocycles. The SMILES string of the molecule is NC(=O)C12CC3CC(C1)C(NC(=O)CN1CCCN(c4c(Cl)cc(OC(F)(F)F)cc4Cl)S1(O)O)C(C3)C2. The monoisotopic (exact) mass is 600 g/mol. The smallest absolute Gasteiger partial charge is 0.406 e. The third kappa shape index (κ3) is 5.13. The number of ether oxygens (including phenoxy) is 1. The van der Waals surface area contributed by atoms with Gasteiger partial charge in [-0.3, -0.25) is 23.0 Å². The highest BCUT2D eigenvalue weighted by atomic mass is 35.5. The summed E-state index contributed by atoms with van der Waals surface area (Å²) in [4.78, 5) is 25.3. The molecule has 1 heterocycles. The van der Waals surface area contributed by atoms with Gasteiger partial charge in [-0.15, -0.1) is 13.2 Å². The van der Waals surface area contributed by atoms with Gasteiger partial charge in [0.1, 0.15) is 5.75 Å². The van der Waals surface area contributed by atoms with E-state index >= 15 is 0 Å². The molecule has 2 atom stereocenters. The number of carbonyl (C=O) groups is 2. The summed E-state index contributed by atoms with van der Waals surface area (Å²) in [7, 11) is -3.77. The first-order valence-electron chi connectivity index (χ1n) is 12.3. The third-order valence-corrected chi connectivity index (χ3v) is 10.9. The lowest BCUT2D eigenvalue weighted by Crippen LogP contribution is -2.62. The molecule has 5 aliphatic rings. The lowest BCUT2D eigenvalue weighted by atomic mass is 9.47. The zero-order valence-corrected chi connectivity index (χ0v) is 22.5. The molecular weight excluding hydrogens is 572 g/mol. The minimum Gasteiger partial charge on any atom is -0.406 e. The highest BCUT2D eigenvalue weighted by Gasteiger charge is 2.58. The van der Waals surface area contributed by atoms with Crippen LogP contribution in [0.2, 0.25) is 10.0 Å². The van der Waals surface area contributed by atoms with Gasteiger partial charge in [-0.25, -0.2) is 0 Å². The van der Waals surface area contributed by atoms with Crippen LogP contribution in [0.5, 0.6) is 5.75 Å². The van der Waals surface area contributed by atoms with Gasteiger partial charge in [-0.1, -0.05) is 23.2 Å². The fraction of sp³-hybridized carbons (Fsp3) is 0.652. The first kappa shape index (κ1) is 27.9. The second-order valence-corrected chi connectivity index (χ2v) is 13.6. The van der Waals surface area contributed by atoms with Crippen LogP contribution < -0.4 is 20.1 Å². The van der Waals surface area contributed by atoms with E-state index in [2.05, 4.69) is 10.1 Å². The number of primary amides is 1. The van der Waals surface area contributed by atoms with Crippen LogP contribution in [-0.2, 0) is 9.59 Å². The van der Waals surface area contributed by atoms with E-state index < -0.39 is 28.5 Å². The van der Waals surface area contributed by atoms with Gasteiger partial charge < -0.3 is 15.8 Å². The maximum atomic E-state index is 13.1. The molecule has 4 aliphatic carbocycles. The fourth-order valence-corrected chi connectivity index (χ4v) is 9.63. The molecule has 1 aromatic rings. The summed E-state index contributed by atoms with van der Waals surface area (Å²) in [5.74, 6) is -0.576. The van der Waals surface area contributed by atoms with Crippen molar-refractivity contribution in [1.82, 2.24) is 9.62 Å². The predicted molar refractivity (Wildman–Crippen MR) is 137 cm³/mol. The molecule has 0 radical (unpaired) electrons. The number of hydrogen-bond donors (Lipinski definition) is 4. The predicted octanol–water partition coefficient (Wildman–Crippen LogP) is 4.78. The van der Waals surface area contributed by atoms with Crippen molar-refractivity contribution in [1.29, 1.82) is 0 Å². The molecule has 6 rings (SSSR count). The maximum Gasteiger partial charge on any atom is 0.573 e. The average Bonchev–Trinajstić information content (AvgIpc) is 2.76. The Morgan fingerprint density at radius 1 is 1.13 bits per heavy atom. The number of nitrogens with one attached hydrogen (secondary N) is 1. The summed E-state index contributed by atoms with van der Waals surface area (Å²) in [5, 5.41) is 2.55. The molecule has 2 unspecified atom stereocenters. The van der Waals surface area contributed by atoms with Crippen LogP contribution in [0.4, 0.5) is 18.9 Å². The lowest BCUT2D eigenvalue weighted by molar-refractivity contribution is -0.274. The van der Waals surface area contributed by atoms with Crippen molar-refractivity contribution in [3.05, 3.63) is 22.2 Å². The summed E-state index contributed by atoms with van der Waals surface area (Å²) in [6.45, 7) is -0.0203. The zero-order valence-electron chi connectivity index (χ0n) is 20.2. The number of alkyl halides is 3. The highest BCUT2D eigenvalue weighted by Crippen LogP contribution is 2.60. The summed E-state index contributed by atoms with van der Waals surface area (Å²) in [5.41, 5.74) is 5.19. The Morgan fingerprint density at radius 2 is 1.74 bits per heavy atom. The topological polar surface area (TPSA) is 128 Å². The Morgan fingerprint density at radius 3 is 2.29 bits per heavy atom. The van der Waals surface area contributed by atoms with Crippen molar-refractivity contribution in [2.24, 2.45) is 28.9 Å². The Bertz CT molecular complexity index is 1100. The van der Waals surface area contributed by atoms with E-state index in [9.17, 15) is 31.9 Å². The van der Waals surface area contributed by atoms with Crippen molar-refractivity contribution in [3.63, 3.8) is 0 Å². The van der Waals surface area contributed by atoms with E-state index in [1.54, 1.807) is 0 Å². The van der Waals surface area contributed by atoms with Gasteiger partial charge in [0.15, 0.2) is 0 Å². The summed E-state index contributed by atoms with van der Waals surface area (Å²) < 4.78 is 66.3. The molecule has 38 heavy (non-hydrogen) atoms. The van der Waals surface area contributed by atoms with Crippen molar-refractivity contribution in [2.75, 3.05) is 23.9 Å². The van der Waals surface area contributed by atoms with Gasteiger partial charge in [0.2, 0.25) is 11.8 Å². The molecule has 1 saturated heterocycles. The number of rotatable bonds is 6. The number of nitrogens with two attached hydrogens (primary N) is 1. The molecule has 1 aromatic carbocycles. The zero-order chi connectivity index (χ0) is 27.6. The molecular formula is C23H29Cl2F3N4O5S. The number of benzene rings is 1. The normalized spacial score (nSPS) is 33.2. The van der Waals surface area contributed by atoms with E-state index in [0.717, 1.165) is 35.7 Å². The quantitative estimate of drug-likeness (QED) is 0.370. The Hall–Kier alpha value is -1.64. The molecule has 4 saturated carbocycles. The van der Waals surface area contributed by atoms with Crippen LogP contribution in [0, 0.1) is 23.2 Å². The van der Waals surface area contributed by atoms with E-state index in [-0.39, 0.29) is 65.1 Å². The van der Waals surface area contributed by atoms with Crippen LogP contribution >= 0.6 is 34.2 Å². The molecule has 5 fully saturated rings. The van der Waals surface area contributed by atoms with Gasteiger partial charge in [-0.2, -0.15) is 4.31 Å². The molecule has 4 bridgehead atoms. The molecule has 212 valence electrons. The Kier molecular flexibility index (Phi) is 7.18. The van der Waals surface area contributed by atoms with Crippen molar-refractivity contribution >= 4 is 51.7 Å². The number of halogens is 5. The third-order valence-electron chi connectivity index (χ3n) is 8.33. The lowest BCUT2D eigenvalue weighted by Gasteiger charge is -2.59. The van der Waals surface area contributed by atoms with Gasteiger partial charge in [-0.05, 0) is 67.2 Å². The second-order valence-electron chi connectivity index (χ2n) is 10.8. The van der Waals surface area contributed by atoms with Crippen LogP contribution in [0.15, 0.2) is 12.1 Å². The Labute approximate surface area is 229 Å². The molecule has 15 heteroatoms. The Balaban J connectivity index is 1.28. The standard InChI is InChI=1S/C23H29Cl2F3N4O5S/c24-16-6-15(37-23(26,27)28)7-17(25)20(16)32-3-1-2-31(38(32,35)36)11-18(33)30-19-13-4-12-5-14(19)10-22(8-12,9-13)21(29)34/h6-7,12-14,19,35-36H,1-5,8-11H2,(H2,29,34)(H,30,33). The number of hydrogen-bond acceptors (Lipinski definition) is 7. The average molecular weight is 601 g/mol. The van der Waals surface area contributed by atoms with E-state index in [0.29, 0.717) is 25.2 Å². The van der Waals surface area contributed by atoms with Crippen molar-refractivity contribution in [2.45, 2.75) is 50.9 Å². The molecule has 1 aliphatic heterocycles. The molecule has 5 N–H and O–H groups in total. The van der Waals surface area contributed by atoms with E-state index in [4.69, 9.17) is 28.9 Å². The number of carbonyl (C=O) groups excluding carboxylic acids is 2. The largest absolute Gasteiger partial charge is 0.573 e. The molecule has 9 nitrogen and oxygen atoms in total. The first-order valence-corrected chi connectivity index (χ1v) is 14.6. The highest BCUT2D eigenvalue weighted by molar-refractivity contribution is 8.23. The van der Waals surface area contributed by atoms with Crippen LogP contribution in [-0.4, -0.2) is 57.3 Å². The summed E-state index contributed by atoms with van der Waals surface area (Å²) in [6, 6.07) is 1.67. The van der Waals surface area contributed by atoms with Crippen LogP contribution in [0.3, 0.4) is 0 Å². The summed E-state index contributed by atoms with van der Waals surface area (Å²) >= 11 is 12.4. The number of amides is 2. The minimum atomic E-state index is -4.95. The fourth-order valence-electron chi connectivity index (χ4n) is 7.10. The number of nitrogens with zero attached hydrogens (tertiary/aromatic N) is 2. The minimum absolute atomic E-state index is 0.0641. The first-order chi connectivity index (χ1) is 17.7. The van der Waals surface area contributed by atoms with Crippen molar-refractivity contribution in [3.8, 4) is 5.75 Å². The van der Waals surface area contributed by atoms with Gasteiger partial charge in [0.25, 0.3) is 0 Å². The van der Waals surface area contributed by atoms with Gasteiger partial charge >= 0.3 is 6.36 Å². The summed E-state index contributed by atoms with van der Waals surface area (Å²) in [6.07, 6.45) is -0.578. The maximum absolute atomic E-state index is 13.1. The van der Waals surface area contributed by atoms with E-state index in [1.165, 1.54) is 4.31 Å².